The number of ether oxygens (including phenoxy) is 1. The predicted octanol–water partition coefficient (Wildman–Crippen LogP) is 2.95. The molecule has 0 saturated heterocycles. The van der Waals surface area contributed by atoms with Crippen LogP contribution in [0.15, 0.2) is 48.5 Å². The van der Waals surface area contributed by atoms with Crippen molar-refractivity contribution < 1.29 is 14.3 Å². The van der Waals surface area contributed by atoms with Crippen molar-refractivity contribution in [3.05, 3.63) is 59.7 Å². The van der Waals surface area contributed by atoms with Crippen molar-refractivity contribution in [3.8, 4) is 11.1 Å². The normalized spacial score (nSPS) is 9.83. The van der Waals surface area contributed by atoms with E-state index < -0.39 is 5.97 Å². The van der Waals surface area contributed by atoms with Crippen molar-refractivity contribution in [2.24, 2.45) is 0 Å². The van der Waals surface area contributed by atoms with Crippen LogP contribution in [0.2, 0.25) is 0 Å². The first-order valence-electron chi connectivity index (χ1n) is 5.48. The highest BCUT2D eigenvalue weighted by molar-refractivity contribution is 5.93. The number of hydrogen-bond donors (Lipinski definition) is 0. The third kappa shape index (κ3) is 2.46. The van der Waals surface area contributed by atoms with E-state index in [2.05, 4.69) is 4.74 Å². The van der Waals surface area contributed by atoms with Gasteiger partial charge in [0, 0.05) is 5.56 Å². The smallest absolute Gasteiger partial charge is 0.337 e. The lowest BCUT2D eigenvalue weighted by Crippen LogP contribution is -2.02. The van der Waals surface area contributed by atoms with Crippen molar-refractivity contribution in [2.45, 2.75) is 0 Å². The number of aldehydes is 1. The van der Waals surface area contributed by atoms with Crippen LogP contribution in [0.3, 0.4) is 0 Å². The molecule has 0 aliphatic rings. The Morgan fingerprint density at radius 2 is 1.78 bits per heavy atom. The van der Waals surface area contributed by atoms with Gasteiger partial charge in [-0.15, -0.1) is 0 Å². The third-order valence-corrected chi connectivity index (χ3v) is 2.62. The minimum atomic E-state index is -0.448. The van der Waals surface area contributed by atoms with Gasteiger partial charge in [0.2, 0.25) is 0 Å². The molecule has 3 heteroatoms. The number of esters is 1. The van der Waals surface area contributed by atoms with Crippen LogP contribution in [0.25, 0.3) is 11.1 Å². The predicted molar refractivity (Wildman–Crippen MR) is 68.6 cm³/mol. The summed E-state index contributed by atoms with van der Waals surface area (Å²) in [7, 11) is 1.32. The highest BCUT2D eigenvalue weighted by Gasteiger charge is 2.09. The molecule has 2 rings (SSSR count). The molecule has 2 aromatic rings. The Morgan fingerprint density at radius 3 is 2.39 bits per heavy atom. The minimum absolute atomic E-state index is 0.376. The Hall–Kier alpha value is -2.42. The molecule has 0 fully saturated rings. The second-order valence-electron chi connectivity index (χ2n) is 3.82. The Balaban J connectivity index is 2.54. The monoisotopic (exact) mass is 240 g/mol. The first kappa shape index (κ1) is 12.0. The van der Waals surface area contributed by atoms with Crippen LogP contribution >= 0.6 is 0 Å². The molecular weight excluding hydrogens is 228 g/mol. The van der Waals surface area contributed by atoms with Crippen LogP contribution in [0.5, 0.6) is 0 Å². The van der Waals surface area contributed by atoms with Gasteiger partial charge in [-0.05, 0) is 29.3 Å². The fraction of sp³-hybridized carbons (Fsp3) is 0.0667. The van der Waals surface area contributed by atoms with E-state index in [0.29, 0.717) is 11.1 Å². The van der Waals surface area contributed by atoms with E-state index in [-0.39, 0.29) is 0 Å². The highest BCUT2D eigenvalue weighted by Crippen LogP contribution is 2.22. The Morgan fingerprint density at radius 1 is 1.06 bits per heavy atom. The van der Waals surface area contributed by atoms with E-state index in [9.17, 15) is 9.59 Å². The van der Waals surface area contributed by atoms with E-state index in [1.54, 1.807) is 12.1 Å². The van der Waals surface area contributed by atoms with Gasteiger partial charge in [0.25, 0.3) is 0 Å². The zero-order valence-electron chi connectivity index (χ0n) is 9.92. The van der Waals surface area contributed by atoms with E-state index in [0.717, 1.165) is 17.4 Å². The maximum Gasteiger partial charge on any atom is 0.337 e. The molecule has 90 valence electrons. The van der Waals surface area contributed by atoms with Gasteiger partial charge in [-0.25, -0.2) is 4.79 Å². The summed E-state index contributed by atoms with van der Waals surface area (Å²) < 4.78 is 4.67. The van der Waals surface area contributed by atoms with E-state index in [1.165, 1.54) is 13.2 Å². The van der Waals surface area contributed by atoms with Crippen LogP contribution < -0.4 is 0 Å². The number of carbonyl (C=O) groups excluding carboxylic acids is 2. The van der Waals surface area contributed by atoms with E-state index in [4.69, 9.17) is 0 Å². The third-order valence-electron chi connectivity index (χ3n) is 2.62. The Bertz CT molecular complexity index is 574. The molecule has 18 heavy (non-hydrogen) atoms. The van der Waals surface area contributed by atoms with Crippen LogP contribution in [0.1, 0.15) is 20.7 Å². The largest absolute Gasteiger partial charge is 0.465 e. The second-order valence-corrected chi connectivity index (χ2v) is 3.82. The lowest BCUT2D eigenvalue weighted by Gasteiger charge is -2.06. The van der Waals surface area contributed by atoms with Crippen LogP contribution in [-0.4, -0.2) is 19.4 Å². The van der Waals surface area contributed by atoms with Gasteiger partial charge in [0.05, 0.1) is 12.7 Å². The molecule has 0 amide bonds. The number of methoxy groups -OCH3 is 1. The zero-order valence-corrected chi connectivity index (χ0v) is 9.92. The van der Waals surface area contributed by atoms with Gasteiger partial charge in [-0.3, -0.25) is 4.79 Å². The van der Waals surface area contributed by atoms with Gasteiger partial charge in [-0.2, -0.15) is 0 Å². The van der Waals surface area contributed by atoms with Gasteiger partial charge < -0.3 is 4.74 Å². The molecule has 0 spiro atoms. The van der Waals surface area contributed by atoms with Crippen molar-refractivity contribution in [3.63, 3.8) is 0 Å². The molecule has 0 heterocycles. The van der Waals surface area contributed by atoms with Gasteiger partial charge in [0.1, 0.15) is 6.29 Å². The lowest BCUT2D eigenvalue weighted by molar-refractivity contribution is 0.0601. The molecule has 0 aliphatic heterocycles. The van der Waals surface area contributed by atoms with Crippen LogP contribution in [-0.2, 0) is 4.74 Å². The fourth-order valence-electron chi connectivity index (χ4n) is 1.75. The topological polar surface area (TPSA) is 43.4 Å². The molecule has 0 radical (unpaired) electrons. The first-order chi connectivity index (χ1) is 8.74. The van der Waals surface area contributed by atoms with Crippen LogP contribution in [0.4, 0.5) is 0 Å². The Labute approximate surface area is 105 Å². The standard InChI is InChI=1S/C15H12O3/c1-18-15(17)14-8-11(10-16)7-13(9-14)12-5-3-2-4-6-12/h2-10H,1H3. The van der Waals surface area contributed by atoms with Gasteiger partial charge >= 0.3 is 5.97 Å². The minimum Gasteiger partial charge on any atom is -0.465 e. The fourth-order valence-corrected chi connectivity index (χ4v) is 1.75. The zero-order chi connectivity index (χ0) is 13.0. The summed E-state index contributed by atoms with van der Waals surface area (Å²) >= 11 is 0. The van der Waals surface area contributed by atoms with Crippen LogP contribution in [0, 0.1) is 0 Å². The number of carbonyl (C=O) groups is 2. The molecule has 0 aromatic heterocycles. The second kappa shape index (κ2) is 5.27. The molecule has 0 N–H and O–H groups in total. The van der Waals surface area contributed by atoms with Crippen molar-refractivity contribution in [2.75, 3.05) is 7.11 Å². The van der Waals surface area contributed by atoms with E-state index >= 15 is 0 Å². The maximum absolute atomic E-state index is 11.5. The molecule has 0 bridgehead atoms. The summed E-state index contributed by atoms with van der Waals surface area (Å²) in [5.41, 5.74) is 2.60. The lowest BCUT2D eigenvalue weighted by atomic mass is 10.0. The summed E-state index contributed by atoms with van der Waals surface area (Å²) in [5, 5.41) is 0. The molecule has 0 unspecified atom stereocenters. The number of benzene rings is 2. The number of hydrogen-bond acceptors (Lipinski definition) is 3. The van der Waals surface area contributed by atoms with Crippen molar-refractivity contribution in [1.82, 2.24) is 0 Å². The number of rotatable bonds is 3. The Kier molecular flexibility index (Phi) is 3.53. The maximum atomic E-state index is 11.5. The summed E-state index contributed by atoms with van der Waals surface area (Å²) in [6, 6.07) is 14.5. The molecule has 3 nitrogen and oxygen atoms in total. The quantitative estimate of drug-likeness (QED) is 0.612. The molecule has 0 aliphatic carbocycles. The average molecular weight is 240 g/mol. The van der Waals surface area contributed by atoms with Gasteiger partial charge in [0.15, 0.2) is 0 Å². The summed E-state index contributed by atoms with van der Waals surface area (Å²) in [6.45, 7) is 0. The van der Waals surface area contributed by atoms with E-state index in [1.807, 2.05) is 30.3 Å². The molecule has 0 atom stereocenters. The highest BCUT2D eigenvalue weighted by atomic mass is 16.5. The average Bonchev–Trinajstić information content (AvgIpc) is 2.46. The van der Waals surface area contributed by atoms with Gasteiger partial charge in [-0.1, -0.05) is 30.3 Å². The SMILES string of the molecule is COC(=O)c1cc(C=O)cc(-c2ccccc2)c1. The summed E-state index contributed by atoms with van der Waals surface area (Å²) in [4.78, 5) is 22.4. The molecule has 2 aromatic carbocycles. The van der Waals surface area contributed by atoms with Crippen molar-refractivity contribution >= 4 is 12.3 Å². The molecule has 0 saturated carbocycles. The van der Waals surface area contributed by atoms with Crippen molar-refractivity contribution in [1.29, 1.82) is 0 Å². The first-order valence-corrected chi connectivity index (χ1v) is 5.48. The summed E-state index contributed by atoms with van der Waals surface area (Å²) in [5.74, 6) is -0.448. The molecular formula is C15H12O3. The summed E-state index contributed by atoms with van der Waals surface area (Å²) in [6.07, 6.45) is 0.721.